The van der Waals surface area contributed by atoms with Gasteiger partial charge in [0.15, 0.2) is 5.78 Å². The summed E-state index contributed by atoms with van der Waals surface area (Å²) in [5.74, 6) is -1.12. The highest BCUT2D eigenvalue weighted by atomic mass is 32.2. The standard InChI is InChI=1S/C47H62N6O6S2/c1-29(2)40-42(30(3)4)60-43(48-40)36-22-17-23-37-41(36)49-46(53(37)31(5)6)59-35-25-38-39(54)27-47(45(56)50-61(57,58)51(7)8)26-34(47)21-16-11-9-10-15-20-33(44(55)52(38)28-35)24-32-18-13-12-14-19-32/h12-14,16-19,21-23,29-31,33-35,38H,9-11,15,20,24-28H2,1-8H3,(H,50,56)/b21-16-/t33-,34-,35-,38+,47-/m1/s1. The van der Waals surface area contributed by atoms with Crippen LogP contribution in [0.25, 0.3) is 21.6 Å². The maximum absolute atomic E-state index is 14.9. The van der Waals surface area contributed by atoms with Crippen molar-refractivity contribution >= 4 is 50.2 Å². The third-order valence-corrected chi connectivity index (χ3v) is 15.4. The van der Waals surface area contributed by atoms with E-state index in [1.54, 1.807) is 16.2 Å². The molecule has 61 heavy (non-hydrogen) atoms. The van der Waals surface area contributed by atoms with E-state index in [4.69, 9.17) is 14.7 Å². The third kappa shape index (κ3) is 9.37. The molecule has 3 aliphatic rings. The average molecular weight is 871 g/mol. The second kappa shape index (κ2) is 18.1. The van der Waals surface area contributed by atoms with E-state index in [0.717, 1.165) is 62.9 Å². The molecule has 12 nitrogen and oxygen atoms in total. The summed E-state index contributed by atoms with van der Waals surface area (Å²) in [6, 6.07) is 15.6. The normalized spacial score (nSPS) is 24.6. The summed E-state index contributed by atoms with van der Waals surface area (Å²) in [5, 5.41) is 0.912. The zero-order valence-electron chi connectivity index (χ0n) is 36.9. The first-order valence-corrected chi connectivity index (χ1v) is 24.2. The molecule has 7 rings (SSSR count). The topological polar surface area (TPSA) is 144 Å². The van der Waals surface area contributed by atoms with Crippen LogP contribution in [0.1, 0.15) is 127 Å². The first kappa shape index (κ1) is 44.6. The smallest absolute Gasteiger partial charge is 0.303 e. The van der Waals surface area contributed by atoms with Crippen molar-refractivity contribution in [3.63, 3.8) is 0 Å². The number of ether oxygens (including phenoxy) is 1. The highest BCUT2D eigenvalue weighted by Crippen LogP contribution is 2.57. The largest absolute Gasteiger partial charge is 0.459 e. The molecular formula is C47H62N6O6S2. The van der Waals surface area contributed by atoms with E-state index in [2.05, 4.69) is 63.0 Å². The molecule has 1 saturated carbocycles. The summed E-state index contributed by atoms with van der Waals surface area (Å²) < 4.78 is 37.9. The number of hydrogen-bond donors (Lipinski definition) is 1. The Morgan fingerprint density at radius 3 is 2.41 bits per heavy atom. The third-order valence-electron chi connectivity index (χ3n) is 12.6. The molecule has 4 aromatic rings. The molecule has 2 fully saturated rings. The van der Waals surface area contributed by atoms with Crippen molar-refractivity contribution in [3.05, 3.63) is 76.8 Å². The number of nitrogens with zero attached hydrogens (tertiary/aromatic N) is 5. The van der Waals surface area contributed by atoms with Crippen molar-refractivity contribution in [1.29, 1.82) is 0 Å². The molecule has 1 saturated heterocycles. The van der Waals surface area contributed by atoms with E-state index in [0.29, 0.717) is 31.2 Å². The minimum absolute atomic E-state index is 0.0222. The molecule has 2 aromatic carbocycles. The number of allylic oxidation sites excluding steroid dienone is 2. The van der Waals surface area contributed by atoms with Gasteiger partial charge in [0.25, 0.3) is 6.01 Å². The Morgan fingerprint density at radius 1 is 0.984 bits per heavy atom. The number of fused-ring (bicyclic) bond motifs is 3. The van der Waals surface area contributed by atoms with Crippen LogP contribution in [0.4, 0.5) is 0 Å². The molecule has 1 N–H and O–H groups in total. The number of rotatable bonds is 11. The Bertz CT molecular complexity index is 2360. The molecule has 2 aliphatic heterocycles. The van der Waals surface area contributed by atoms with E-state index < -0.39 is 33.7 Å². The number of hydrogen-bond acceptors (Lipinski definition) is 9. The summed E-state index contributed by atoms with van der Waals surface area (Å²) in [7, 11) is -1.39. The van der Waals surface area contributed by atoms with Crippen LogP contribution in [0, 0.1) is 17.3 Å². The van der Waals surface area contributed by atoms with Crippen molar-refractivity contribution in [2.24, 2.45) is 17.3 Å². The maximum Gasteiger partial charge on any atom is 0.303 e. The average Bonchev–Trinajstić information content (AvgIpc) is 3.53. The zero-order valence-corrected chi connectivity index (χ0v) is 38.5. The van der Waals surface area contributed by atoms with Crippen LogP contribution in [-0.4, -0.2) is 82.5 Å². The fraction of sp³-hybridized carbons (Fsp3) is 0.553. The number of carbonyl (C=O) groups excluding carboxylic acids is 3. The van der Waals surface area contributed by atoms with Gasteiger partial charge in [0.1, 0.15) is 16.6 Å². The molecule has 328 valence electrons. The fourth-order valence-corrected chi connectivity index (χ4v) is 11.0. The molecule has 4 heterocycles. The van der Waals surface area contributed by atoms with Crippen LogP contribution in [0.15, 0.2) is 60.7 Å². The highest BCUT2D eigenvalue weighted by Gasteiger charge is 2.61. The molecular weight excluding hydrogens is 809 g/mol. The second-order valence-electron chi connectivity index (χ2n) is 18.4. The van der Waals surface area contributed by atoms with Gasteiger partial charge in [-0.3, -0.25) is 19.0 Å². The van der Waals surface area contributed by atoms with Crippen LogP contribution in [0.2, 0.25) is 0 Å². The van der Waals surface area contributed by atoms with Crippen molar-refractivity contribution in [3.8, 4) is 16.6 Å². The van der Waals surface area contributed by atoms with E-state index in [1.807, 2.05) is 48.5 Å². The number of nitrogens with one attached hydrogen (secondary N) is 1. The predicted octanol–water partition coefficient (Wildman–Crippen LogP) is 8.60. The van der Waals surface area contributed by atoms with E-state index in [-0.39, 0.29) is 54.9 Å². The van der Waals surface area contributed by atoms with E-state index in [9.17, 15) is 22.8 Å². The Hall–Kier alpha value is -4.40. The van der Waals surface area contributed by atoms with Crippen molar-refractivity contribution in [2.45, 2.75) is 129 Å². The Kier molecular flexibility index (Phi) is 13.3. The molecule has 0 spiro atoms. The maximum atomic E-state index is 14.9. The molecule has 0 bridgehead atoms. The van der Waals surface area contributed by atoms with Gasteiger partial charge in [0.2, 0.25) is 11.8 Å². The van der Waals surface area contributed by atoms with Gasteiger partial charge in [0.05, 0.1) is 29.2 Å². The van der Waals surface area contributed by atoms with Crippen LogP contribution >= 0.6 is 11.3 Å². The van der Waals surface area contributed by atoms with Crippen LogP contribution in [-0.2, 0) is 31.0 Å². The van der Waals surface area contributed by atoms with Crippen molar-refractivity contribution in [2.75, 3.05) is 20.6 Å². The van der Waals surface area contributed by atoms with Crippen LogP contribution in [0.3, 0.4) is 0 Å². The Labute approximate surface area is 365 Å². The molecule has 14 heteroatoms. The number of thiazole rings is 1. The van der Waals surface area contributed by atoms with Gasteiger partial charge in [0, 0.05) is 49.3 Å². The lowest BCUT2D eigenvalue weighted by Crippen LogP contribution is -2.47. The van der Waals surface area contributed by atoms with Gasteiger partial charge in [-0.05, 0) is 81.4 Å². The summed E-state index contributed by atoms with van der Waals surface area (Å²) in [6.07, 6.45) is 8.55. The summed E-state index contributed by atoms with van der Waals surface area (Å²) >= 11 is 1.71. The van der Waals surface area contributed by atoms with E-state index >= 15 is 0 Å². The Morgan fingerprint density at radius 2 is 1.74 bits per heavy atom. The Balaban J connectivity index is 1.25. The number of Topliss-reactive ketones (excluding diaryl/α,β-unsaturated/α-hetero) is 1. The zero-order chi connectivity index (χ0) is 43.8. The quantitative estimate of drug-likeness (QED) is 0.148. The minimum Gasteiger partial charge on any atom is -0.459 e. The van der Waals surface area contributed by atoms with Crippen molar-refractivity contribution < 1.29 is 27.5 Å². The summed E-state index contributed by atoms with van der Waals surface area (Å²) in [5.41, 5.74) is 3.54. The van der Waals surface area contributed by atoms with E-state index in [1.165, 1.54) is 19.0 Å². The minimum atomic E-state index is -4.10. The van der Waals surface area contributed by atoms with Gasteiger partial charge in [-0.15, -0.1) is 11.3 Å². The summed E-state index contributed by atoms with van der Waals surface area (Å²) in [4.78, 5) is 56.9. The predicted molar refractivity (Wildman–Crippen MR) is 241 cm³/mol. The SMILES string of the molecule is CC(C)c1nc(-c2cccc3c2nc(O[C@@H]2C[C@H]4C(=O)C[C@]5(C(=O)NS(=O)(=O)N(C)C)C[C@H]5/C=C\CCCCC[C@H](Cc5ccccc5)C(=O)N4C2)n3C(C)C)sc1C(C)C. The molecule has 0 radical (unpaired) electrons. The van der Waals surface area contributed by atoms with Gasteiger partial charge >= 0.3 is 10.2 Å². The number of para-hydroxylation sites is 1. The molecule has 1 aliphatic carbocycles. The highest BCUT2D eigenvalue weighted by molar-refractivity contribution is 7.87. The number of carbonyl (C=O) groups is 3. The number of imidazole rings is 1. The first-order valence-electron chi connectivity index (χ1n) is 22.0. The van der Waals surface area contributed by atoms with Gasteiger partial charge in [-0.1, -0.05) is 89.1 Å². The van der Waals surface area contributed by atoms with Gasteiger partial charge in [-0.2, -0.15) is 17.7 Å². The second-order valence-corrected chi connectivity index (χ2v) is 21.3. The van der Waals surface area contributed by atoms with Gasteiger partial charge in [-0.25, -0.2) is 9.71 Å². The lowest BCUT2D eigenvalue weighted by atomic mass is 9.90. The monoisotopic (exact) mass is 870 g/mol. The molecule has 2 amide bonds. The van der Waals surface area contributed by atoms with Crippen molar-refractivity contribution in [1.82, 2.24) is 28.5 Å². The molecule has 0 unspecified atom stereocenters. The fourth-order valence-electron chi connectivity index (χ4n) is 9.12. The lowest BCUT2D eigenvalue weighted by molar-refractivity contribution is -0.142. The number of benzene rings is 2. The first-order chi connectivity index (χ1) is 29.0. The molecule has 5 atom stereocenters. The molecule has 2 aromatic heterocycles. The lowest BCUT2D eigenvalue weighted by Gasteiger charge is -2.29. The van der Waals surface area contributed by atoms with Crippen LogP contribution < -0.4 is 9.46 Å². The number of ketones is 1. The summed E-state index contributed by atoms with van der Waals surface area (Å²) in [6.45, 7) is 13.1. The number of amides is 2. The van der Waals surface area contributed by atoms with Gasteiger partial charge < -0.3 is 9.64 Å². The van der Waals surface area contributed by atoms with Crippen LogP contribution in [0.5, 0.6) is 6.01 Å². The number of aromatic nitrogens is 3.